The molecular weight excluding hydrogens is 298 g/mol. The summed E-state index contributed by atoms with van der Waals surface area (Å²) in [6, 6.07) is 12.9. The van der Waals surface area contributed by atoms with E-state index in [-0.39, 0.29) is 6.04 Å². The van der Waals surface area contributed by atoms with Gasteiger partial charge in [-0.15, -0.1) is 0 Å². The number of ether oxygens (including phenoxy) is 1. The molecule has 1 aromatic heterocycles. The van der Waals surface area contributed by atoms with Gasteiger partial charge in [-0.2, -0.15) is 0 Å². The lowest BCUT2D eigenvalue weighted by atomic mass is 10.00. The maximum Gasteiger partial charge on any atom is 0.119 e. The quantitative estimate of drug-likeness (QED) is 0.916. The Hall–Kier alpha value is -1.91. The molecule has 2 heterocycles. The van der Waals surface area contributed by atoms with Crippen LogP contribution in [0.2, 0.25) is 0 Å². The number of hydrogen-bond acceptors (Lipinski definition) is 4. The molecule has 1 aromatic carbocycles. The summed E-state index contributed by atoms with van der Waals surface area (Å²) < 4.78 is 5.71. The molecule has 1 unspecified atom stereocenters. The van der Waals surface area contributed by atoms with E-state index in [4.69, 9.17) is 9.72 Å². The van der Waals surface area contributed by atoms with Gasteiger partial charge in [0.05, 0.1) is 18.3 Å². The third-order valence-electron chi connectivity index (χ3n) is 4.44. The van der Waals surface area contributed by atoms with Gasteiger partial charge in [0.1, 0.15) is 5.75 Å². The molecule has 4 heteroatoms. The van der Waals surface area contributed by atoms with Gasteiger partial charge >= 0.3 is 0 Å². The summed E-state index contributed by atoms with van der Waals surface area (Å²) >= 11 is 0. The molecule has 2 aromatic rings. The van der Waals surface area contributed by atoms with Crippen LogP contribution in [-0.4, -0.2) is 42.7 Å². The van der Waals surface area contributed by atoms with Crippen molar-refractivity contribution in [2.75, 3.05) is 32.8 Å². The first kappa shape index (κ1) is 16.9. The summed E-state index contributed by atoms with van der Waals surface area (Å²) in [6.07, 6.45) is 3.12. The second-order valence-corrected chi connectivity index (χ2v) is 6.31. The summed E-state index contributed by atoms with van der Waals surface area (Å²) in [5, 5.41) is 3.49. The zero-order valence-corrected chi connectivity index (χ0v) is 14.7. The minimum absolute atomic E-state index is 0.172. The van der Waals surface area contributed by atoms with Crippen molar-refractivity contribution < 1.29 is 4.74 Å². The predicted octanol–water partition coefficient (Wildman–Crippen LogP) is 3.17. The molecule has 0 saturated carbocycles. The number of nitrogens with one attached hydrogen (secondary N) is 1. The monoisotopic (exact) mass is 325 g/mol. The van der Waals surface area contributed by atoms with Crippen molar-refractivity contribution in [3.05, 3.63) is 59.4 Å². The number of rotatable bonds is 5. The molecule has 0 spiro atoms. The molecule has 0 amide bonds. The first-order valence-corrected chi connectivity index (χ1v) is 8.88. The van der Waals surface area contributed by atoms with Crippen molar-refractivity contribution in [1.82, 2.24) is 15.2 Å². The van der Waals surface area contributed by atoms with Crippen LogP contribution in [0.4, 0.5) is 0 Å². The van der Waals surface area contributed by atoms with Crippen LogP contribution in [0, 0.1) is 6.92 Å². The molecular formula is C20H27N3O. The summed E-state index contributed by atoms with van der Waals surface area (Å²) in [4.78, 5) is 7.26. The lowest BCUT2D eigenvalue weighted by molar-refractivity contribution is 0.236. The Morgan fingerprint density at radius 2 is 2.12 bits per heavy atom. The Balaban J connectivity index is 1.97. The smallest absolute Gasteiger partial charge is 0.119 e. The van der Waals surface area contributed by atoms with E-state index < -0.39 is 0 Å². The molecule has 4 nitrogen and oxygen atoms in total. The maximum atomic E-state index is 5.71. The van der Waals surface area contributed by atoms with Gasteiger partial charge in [0.15, 0.2) is 0 Å². The molecule has 1 aliphatic heterocycles. The molecule has 3 rings (SSSR count). The van der Waals surface area contributed by atoms with Gasteiger partial charge < -0.3 is 10.1 Å². The fraction of sp³-hybridized carbons (Fsp3) is 0.450. The fourth-order valence-corrected chi connectivity index (χ4v) is 3.28. The van der Waals surface area contributed by atoms with Gasteiger partial charge in [-0.1, -0.05) is 18.2 Å². The van der Waals surface area contributed by atoms with Gasteiger partial charge in [0.2, 0.25) is 0 Å². The third kappa shape index (κ3) is 4.13. The minimum atomic E-state index is 0.172. The van der Waals surface area contributed by atoms with E-state index in [1.54, 1.807) is 0 Å². The maximum absolute atomic E-state index is 5.71. The van der Waals surface area contributed by atoms with Crippen LogP contribution >= 0.6 is 0 Å². The van der Waals surface area contributed by atoms with E-state index in [0.717, 1.165) is 44.0 Å². The molecule has 1 atom stereocenters. The average Bonchev–Trinajstić information content (AvgIpc) is 2.87. The van der Waals surface area contributed by atoms with E-state index in [9.17, 15) is 0 Å². The fourth-order valence-electron chi connectivity index (χ4n) is 3.28. The van der Waals surface area contributed by atoms with Gasteiger partial charge in [-0.05, 0) is 56.1 Å². The molecule has 0 bridgehead atoms. The van der Waals surface area contributed by atoms with Crippen LogP contribution in [0.3, 0.4) is 0 Å². The lowest BCUT2D eigenvalue weighted by Crippen LogP contribution is -2.33. The second kappa shape index (κ2) is 8.27. The van der Waals surface area contributed by atoms with E-state index in [0.29, 0.717) is 6.61 Å². The number of aromatic nitrogens is 1. The highest BCUT2D eigenvalue weighted by Gasteiger charge is 2.24. The summed E-state index contributed by atoms with van der Waals surface area (Å²) in [7, 11) is 0. The SMILES string of the molecule is CCOc1cccc(C(c2ccc(C)cn2)N2CCCNCC2)c1. The normalized spacial score (nSPS) is 17.2. The zero-order valence-electron chi connectivity index (χ0n) is 14.7. The third-order valence-corrected chi connectivity index (χ3v) is 4.44. The molecule has 0 radical (unpaired) electrons. The average molecular weight is 325 g/mol. The van der Waals surface area contributed by atoms with Crippen molar-refractivity contribution in [1.29, 1.82) is 0 Å². The second-order valence-electron chi connectivity index (χ2n) is 6.31. The lowest BCUT2D eigenvalue weighted by Gasteiger charge is -2.30. The summed E-state index contributed by atoms with van der Waals surface area (Å²) in [6.45, 7) is 9.00. The van der Waals surface area contributed by atoms with Crippen molar-refractivity contribution in [2.45, 2.75) is 26.3 Å². The Kier molecular flexibility index (Phi) is 5.83. The number of hydrogen-bond donors (Lipinski definition) is 1. The Bertz CT molecular complexity index is 634. The molecule has 0 aliphatic carbocycles. The van der Waals surface area contributed by atoms with Crippen molar-refractivity contribution in [3.8, 4) is 5.75 Å². The highest BCUT2D eigenvalue weighted by molar-refractivity contribution is 5.35. The van der Waals surface area contributed by atoms with Crippen molar-refractivity contribution >= 4 is 0 Å². The van der Waals surface area contributed by atoms with Gasteiger partial charge in [0, 0.05) is 25.8 Å². The number of pyridine rings is 1. The van der Waals surface area contributed by atoms with Crippen LogP contribution in [0.25, 0.3) is 0 Å². The van der Waals surface area contributed by atoms with E-state index in [2.05, 4.69) is 47.5 Å². The van der Waals surface area contributed by atoms with E-state index >= 15 is 0 Å². The van der Waals surface area contributed by atoms with Crippen LogP contribution in [0.5, 0.6) is 5.75 Å². The molecule has 1 fully saturated rings. The Morgan fingerprint density at radius 3 is 2.92 bits per heavy atom. The summed E-state index contributed by atoms with van der Waals surface area (Å²) in [5.41, 5.74) is 3.55. The van der Waals surface area contributed by atoms with Gasteiger partial charge in [-0.3, -0.25) is 9.88 Å². The standard InChI is InChI=1S/C20H27N3O/c1-3-24-18-7-4-6-17(14-18)20(19-9-8-16(2)15-22-19)23-12-5-10-21-11-13-23/h4,6-9,14-15,20-21H,3,5,10-13H2,1-2H3. The predicted molar refractivity (Wildman–Crippen MR) is 97.5 cm³/mol. The summed E-state index contributed by atoms with van der Waals surface area (Å²) in [5.74, 6) is 0.931. The molecule has 1 aliphatic rings. The molecule has 128 valence electrons. The van der Waals surface area contributed by atoms with Gasteiger partial charge in [0.25, 0.3) is 0 Å². The topological polar surface area (TPSA) is 37.4 Å². The molecule has 24 heavy (non-hydrogen) atoms. The minimum Gasteiger partial charge on any atom is -0.494 e. The van der Waals surface area contributed by atoms with Crippen LogP contribution in [0.15, 0.2) is 42.6 Å². The molecule has 1 saturated heterocycles. The zero-order chi connectivity index (χ0) is 16.8. The highest BCUT2D eigenvalue weighted by atomic mass is 16.5. The van der Waals surface area contributed by atoms with Crippen LogP contribution in [-0.2, 0) is 0 Å². The number of nitrogens with zero attached hydrogens (tertiary/aromatic N) is 2. The van der Waals surface area contributed by atoms with Crippen molar-refractivity contribution in [2.24, 2.45) is 0 Å². The Labute approximate surface area is 144 Å². The largest absolute Gasteiger partial charge is 0.494 e. The first-order chi connectivity index (χ1) is 11.8. The highest BCUT2D eigenvalue weighted by Crippen LogP contribution is 2.30. The van der Waals surface area contributed by atoms with Gasteiger partial charge in [-0.25, -0.2) is 0 Å². The Morgan fingerprint density at radius 1 is 1.21 bits per heavy atom. The number of benzene rings is 1. The van der Waals surface area contributed by atoms with E-state index in [1.165, 1.54) is 11.1 Å². The first-order valence-electron chi connectivity index (χ1n) is 8.88. The molecule has 1 N–H and O–H groups in total. The van der Waals surface area contributed by atoms with Crippen LogP contribution < -0.4 is 10.1 Å². The number of aryl methyl sites for hydroxylation is 1. The van der Waals surface area contributed by atoms with Crippen LogP contribution in [0.1, 0.15) is 36.2 Å². The van der Waals surface area contributed by atoms with E-state index in [1.807, 2.05) is 19.2 Å². The van der Waals surface area contributed by atoms with Crippen molar-refractivity contribution in [3.63, 3.8) is 0 Å².